The van der Waals surface area contributed by atoms with Crippen LogP contribution in [-0.4, -0.2) is 16.7 Å². The Bertz CT molecular complexity index is 904. The van der Waals surface area contributed by atoms with Gasteiger partial charge in [-0.3, -0.25) is 0 Å². The molecule has 0 aliphatic heterocycles. The lowest BCUT2D eigenvalue weighted by Gasteiger charge is -2.03. The summed E-state index contributed by atoms with van der Waals surface area (Å²) in [6.07, 6.45) is 3.37. The van der Waals surface area contributed by atoms with Crippen LogP contribution in [0.1, 0.15) is 11.5 Å². The molecule has 0 spiro atoms. The molecule has 0 fully saturated rings. The first kappa shape index (κ1) is 16.9. The second-order valence-electron chi connectivity index (χ2n) is 5.09. The second kappa shape index (κ2) is 7.77. The maximum atomic E-state index is 13.0. The van der Waals surface area contributed by atoms with Crippen molar-refractivity contribution in [3.63, 3.8) is 0 Å². The molecule has 1 heterocycles. The van der Waals surface area contributed by atoms with Crippen molar-refractivity contribution in [1.29, 1.82) is 0 Å². The number of ether oxygens (including phenoxy) is 1. The van der Waals surface area contributed by atoms with Crippen LogP contribution in [0.25, 0.3) is 22.5 Å². The van der Waals surface area contributed by atoms with Crippen LogP contribution in [0.4, 0.5) is 4.39 Å². The molecule has 4 nitrogen and oxygen atoms in total. The minimum Gasteiger partial charge on any atom is -0.490 e. The molecule has 1 aromatic heterocycles. The smallest absolute Gasteiger partial charge is 0.269 e. The molecule has 25 heavy (non-hydrogen) atoms. The monoisotopic (exact) mass is 356 g/mol. The molecule has 0 aliphatic rings. The van der Waals surface area contributed by atoms with E-state index in [0.29, 0.717) is 28.8 Å². The highest BCUT2D eigenvalue weighted by Gasteiger charge is 2.11. The van der Waals surface area contributed by atoms with E-state index in [1.165, 1.54) is 12.1 Å². The molecule has 0 N–H and O–H groups in total. The second-order valence-corrected chi connectivity index (χ2v) is 5.50. The van der Waals surface area contributed by atoms with Crippen LogP contribution in [0.15, 0.2) is 65.7 Å². The van der Waals surface area contributed by atoms with E-state index in [4.69, 9.17) is 20.9 Å². The maximum absolute atomic E-state index is 13.0. The van der Waals surface area contributed by atoms with E-state index in [2.05, 4.69) is 16.7 Å². The Balaban J connectivity index is 1.81. The Morgan fingerprint density at radius 2 is 2.04 bits per heavy atom. The first-order valence-corrected chi connectivity index (χ1v) is 7.84. The lowest BCUT2D eigenvalue weighted by molar-refractivity contribution is 0.363. The van der Waals surface area contributed by atoms with Crippen molar-refractivity contribution >= 4 is 22.7 Å². The summed E-state index contributed by atoms with van der Waals surface area (Å²) in [6.45, 7) is 4.03. The summed E-state index contributed by atoms with van der Waals surface area (Å²) >= 11 is 6.27. The standard InChI is InChI=1S/C19H14ClFN2O2/c1-2-10-24-16-5-3-4-13(11-16)12-17(20)19-22-18(23-25-19)14-6-8-15(21)9-7-14/h2-9,11-12H,1,10H2/b17-12-. The third-order valence-electron chi connectivity index (χ3n) is 3.25. The predicted molar refractivity (Wildman–Crippen MR) is 95.6 cm³/mol. The van der Waals surface area contributed by atoms with Crippen LogP contribution >= 0.6 is 11.6 Å². The number of aromatic nitrogens is 2. The zero-order chi connectivity index (χ0) is 17.6. The number of halogens is 2. The number of hydrogen-bond acceptors (Lipinski definition) is 4. The predicted octanol–water partition coefficient (Wildman–Crippen LogP) is 5.18. The summed E-state index contributed by atoms with van der Waals surface area (Å²) in [7, 11) is 0. The zero-order valence-corrected chi connectivity index (χ0v) is 13.9. The van der Waals surface area contributed by atoms with Crippen LogP contribution in [0.5, 0.6) is 5.75 Å². The van der Waals surface area contributed by atoms with Crippen LogP contribution in [0, 0.1) is 5.82 Å². The van der Waals surface area contributed by atoms with Gasteiger partial charge in [0.25, 0.3) is 5.89 Å². The molecule has 126 valence electrons. The first-order valence-electron chi connectivity index (χ1n) is 7.46. The van der Waals surface area contributed by atoms with Gasteiger partial charge in [-0.1, -0.05) is 41.5 Å². The highest BCUT2D eigenvalue weighted by molar-refractivity contribution is 6.50. The van der Waals surface area contributed by atoms with Gasteiger partial charge in [-0.15, -0.1) is 0 Å². The molecule has 3 aromatic rings. The van der Waals surface area contributed by atoms with Gasteiger partial charge in [0, 0.05) is 5.56 Å². The van der Waals surface area contributed by atoms with Gasteiger partial charge in [0.05, 0.1) is 0 Å². The van der Waals surface area contributed by atoms with E-state index < -0.39 is 0 Å². The number of nitrogens with zero attached hydrogens (tertiary/aromatic N) is 2. The van der Waals surface area contributed by atoms with E-state index in [0.717, 1.165) is 5.56 Å². The molecule has 0 saturated heterocycles. The van der Waals surface area contributed by atoms with Crippen LogP contribution < -0.4 is 4.74 Å². The number of hydrogen-bond donors (Lipinski definition) is 0. The van der Waals surface area contributed by atoms with Crippen molar-refractivity contribution in [2.45, 2.75) is 0 Å². The van der Waals surface area contributed by atoms with Crippen molar-refractivity contribution in [3.05, 3.63) is 78.5 Å². The average molecular weight is 357 g/mol. The van der Waals surface area contributed by atoms with Gasteiger partial charge in [-0.25, -0.2) is 4.39 Å². The summed E-state index contributed by atoms with van der Waals surface area (Å²) in [6, 6.07) is 13.2. The average Bonchev–Trinajstić information content (AvgIpc) is 3.11. The third-order valence-corrected chi connectivity index (χ3v) is 3.52. The van der Waals surface area contributed by atoms with Gasteiger partial charge < -0.3 is 9.26 Å². The zero-order valence-electron chi connectivity index (χ0n) is 13.2. The van der Waals surface area contributed by atoms with Gasteiger partial charge in [0.15, 0.2) is 0 Å². The fourth-order valence-corrected chi connectivity index (χ4v) is 2.30. The van der Waals surface area contributed by atoms with E-state index in [1.807, 2.05) is 24.3 Å². The highest BCUT2D eigenvalue weighted by atomic mass is 35.5. The summed E-state index contributed by atoms with van der Waals surface area (Å²) < 4.78 is 23.6. The lowest BCUT2D eigenvalue weighted by Crippen LogP contribution is -1.92. The Morgan fingerprint density at radius 3 is 2.80 bits per heavy atom. The van der Waals surface area contributed by atoms with Gasteiger partial charge in [-0.2, -0.15) is 4.98 Å². The molecule has 6 heteroatoms. The van der Waals surface area contributed by atoms with Gasteiger partial charge in [0.1, 0.15) is 23.2 Å². The summed E-state index contributed by atoms with van der Waals surface area (Å²) in [5.41, 5.74) is 1.47. The van der Waals surface area contributed by atoms with E-state index in [1.54, 1.807) is 24.3 Å². The molecule has 0 bridgehead atoms. The fourth-order valence-electron chi connectivity index (χ4n) is 2.09. The molecule has 3 rings (SSSR count). The van der Waals surface area contributed by atoms with Crippen LogP contribution in [0.3, 0.4) is 0 Å². The molecular formula is C19H14ClFN2O2. The Hall–Kier alpha value is -2.92. The Kier molecular flexibility index (Phi) is 5.26. The normalized spacial score (nSPS) is 11.4. The minimum absolute atomic E-state index is 0.179. The summed E-state index contributed by atoms with van der Waals surface area (Å²) in [5, 5.41) is 4.16. The first-order chi connectivity index (χ1) is 12.2. The van der Waals surface area contributed by atoms with E-state index >= 15 is 0 Å². The van der Waals surface area contributed by atoms with Crippen LogP contribution in [0.2, 0.25) is 0 Å². The minimum atomic E-state index is -0.330. The summed E-state index contributed by atoms with van der Waals surface area (Å²) in [4.78, 5) is 4.23. The van der Waals surface area contributed by atoms with Crippen molar-refractivity contribution in [2.75, 3.05) is 6.61 Å². The van der Waals surface area contributed by atoms with Gasteiger partial charge >= 0.3 is 0 Å². The largest absolute Gasteiger partial charge is 0.490 e. The molecule has 0 unspecified atom stereocenters. The van der Waals surface area contributed by atoms with Crippen molar-refractivity contribution in [2.24, 2.45) is 0 Å². The molecule has 0 radical (unpaired) electrons. The highest BCUT2D eigenvalue weighted by Crippen LogP contribution is 2.25. The molecular weight excluding hydrogens is 343 g/mol. The quantitative estimate of drug-likeness (QED) is 0.571. The topological polar surface area (TPSA) is 48.2 Å². The molecule has 0 atom stereocenters. The van der Waals surface area contributed by atoms with E-state index in [9.17, 15) is 4.39 Å². The lowest BCUT2D eigenvalue weighted by atomic mass is 10.2. The van der Waals surface area contributed by atoms with Crippen molar-refractivity contribution < 1.29 is 13.7 Å². The third kappa shape index (κ3) is 4.33. The molecule has 0 aliphatic carbocycles. The van der Waals surface area contributed by atoms with Gasteiger partial charge in [0.2, 0.25) is 5.82 Å². The van der Waals surface area contributed by atoms with Crippen molar-refractivity contribution in [3.8, 4) is 17.1 Å². The fraction of sp³-hybridized carbons (Fsp3) is 0.0526. The SMILES string of the molecule is C=CCOc1cccc(/C=C(\Cl)c2nc(-c3ccc(F)cc3)no2)c1. The van der Waals surface area contributed by atoms with E-state index in [-0.39, 0.29) is 11.7 Å². The number of benzene rings is 2. The van der Waals surface area contributed by atoms with Crippen LogP contribution in [-0.2, 0) is 0 Å². The summed E-state index contributed by atoms with van der Waals surface area (Å²) in [5.74, 6) is 0.891. The Labute approximate surface area is 149 Å². The maximum Gasteiger partial charge on any atom is 0.269 e. The van der Waals surface area contributed by atoms with Crippen molar-refractivity contribution in [1.82, 2.24) is 10.1 Å². The number of rotatable bonds is 6. The molecule has 0 amide bonds. The molecule has 2 aromatic carbocycles. The Morgan fingerprint density at radius 1 is 1.24 bits per heavy atom. The molecule has 0 saturated carbocycles. The van der Waals surface area contributed by atoms with Gasteiger partial charge in [-0.05, 0) is 48.0 Å².